The molecule has 0 amide bonds. The van der Waals surface area contributed by atoms with Gasteiger partial charge in [0.15, 0.2) is 0 Å². The van der Waals surface area contributed by atoms with Crippen LogP contribution in [0.15, 0.2) is 0 Å². The van der Waals surface area contributed by atoms with Crippen LogP contribution >= 0.6 is 23.5 Å². The molecule has 1 N–H and O–H groups in total. The Balaban J connectivity index is 4.71. The van der Waals surface area contributed by atoms with Crippen molar-refractivity contribution in [2.24, 2.45) is 0 Å². The van der Waals surface area contributed by atoms with E-state index in [4.69, 9.17) is 9.47 Å². The van der Waals surface area contributed by atoms with E-state index in [1.165, 1.54) is 141 Å². The van der Waals surface area contributed by atoms with Crippen molar-refractivity contribution < 1.29 is 24.2 Å². The van der Waals surface area contributed by atoms with Gasteiger partial charge in [-0.15, -0.1) is 0 Å². The van der Waals surface area contributed by atoms with Crippen molar-refractivity contribution in [3.05, 3.63) is 0 Å². The quantitative estimate of drug-likeness (QED) is 0.0479. The van der Waals surface area contributed by atoms with Crippen LogP contribution in [0.4, 0.5) is 0 Å². The van der Waals surface area contributed by atoms with Gasteiger partial charge in [-0.2, -0.15) is 23.5 Å². The molecule has 0 aromatic carbocycles. The standard InChI is InChI=1S/C51H101NO5S2/c1-6-11-15-19-21-29-39-50(54)56-48(37-27-17-13-8-3)45-58-43-33-23-25-35-47(52(10-5)41-31-32-42-53)36-26-24-34-44-59-46-49(38-28-18-14-9-4)57-51(55)40-30-22-20-16-12-7-2/h47-49,53H,6-46H2,1-5H3. The molecule has 0 bridgehead atoms. The van der Waals surface area contributed by atoms with Crippen molar-refractivity contribution in [1.82, 2.24) is 4.90 Å². The molecule has 0 aliphatic heterocycles. The summed E-state index contributed by atoms with van der Waals surface area (Å²) in [7, 11) is 0. The maximum atomic E-state index is 12.7. The van der Waals surface area contributed by atoms with Crippen LogP contribution in [0.25, 0.3) is 0 Å². The summed E-state index contributed by atoms with van der Waals surface area (Å²) in [6.45, 7) is 13.7. The summed E-state index contributed by atoms with van der Waals surface area (Å²) in [6, 6.07) is 0.621. The molecule has 0 radical (unpaired) electrons. The smallest absolute Gasteiger partial charge is 0.306 e. The Labute approximate surface area is 376 Å². The summed E-state index contributed by atoms with van der Waals surface area (Å²) in [5.74, 6) is 4.21. The van der Waals surface area contributed by atoms with Crippen LogP contribution in [0.5, 0.6) is 0 Å². The molecule has 8 heteroatoms. The zero-order valence-electron chi connectivity index (χ0n) is 40.1. The summed E-state index contributed by atoms with van der Waals surface area (Å²) in [5, 5.41) is 9.42. The fourth-order valence-corrected chi connectivity index (χ4v) is 10.2. The van der Waals surface area contributed by atoms with Crippen LogP contribution in [0.2, 0.25) is 0 Å². The Morgan fingerprint density at radius 3 is 1.24 bits per heavy atom. The second-order valence-corrected chi connectivity index (χ2v) is 19.8. The highest BCUT2D eigenvalue weighted by molar-refractivity contribution is 7.99. The molecule has 2 unspecified atom stereocenters. The minimum absolute atomic E-state index is 0.0179. The fraction of sp³-hybridized carbons (Fsp3) is 0.961. The van der Waals surface area contributed by atoms with Gasteiger partial charge in [0.05, 0.1) is 0 Å². The Morgan fingerprint density at radius 2 is 0.831 bits per heavy atom. The number of thioether (sulfide) groups is 2. The average Bonchev–Trinajstić information content (AvgIpc) is 3.23. The van der Waals surface area contributed by atoms with Gasteiger partial charge in [0.1, 0.15) is 12.2 Å². The molecule has 0 spiro atoms. The Kier molecular flexibility index (Phi) is 46.7. The minimum Gasteiger partial charge on any atom is -0.461 e. The van der Waals surface area contributed by atoms with Crippen LogP contribution < -0.4 is 0 Å². The van der Waals surface area contributed by atoms with E-state index < -0.39 is 0 Å². The van der Waals surface area contributed by atoms with Crippen molar-refractivity contribution in [3.8, 4) is 0 Å². The van der Waals surface area contributed by atoms with E-state index in [0.717, 1.165) is 100 Å². The highest BCUT2D eigenvalue weighted by atomic mass is 32.2. The number of hydrogen-bond donors (Lipinski definition) is 1. The lowest BCUT2D eigenvalue weighted by molar-refractivity contribution is -0.149. The Hall–Kier alpha value is -0.440. The monoisotopic (exact) mass is 872 g/mol. The molecule has 0 aliphatic carbocycles. The fourth-order valence-electron chi connectivity index (χ4n) is 8.03. The van der Waals surface area contributed by atoms with E-state index in [2.05, 4.69) is 39.5 Å². The molecule has 2 atom stereocenters. The predicted molar refractivity (Wildman–Crippen MR) is 262 cm³/mol. The summed E-state index contributed by atoms with van der Waals surface area (Å²) in [4.78, 5) is 28.0. The molecule has 0 saturated heterocycles. The van der Waals surface area contributed by atoms with Crippen molar-refractivity contribution in [3.63, 3.8) is 0 Å². The van der Waals surface area contributed by atoms with Crippen LogP contribution in [-0.4, -0.2) is 82.9 Å². The van der Waals surface area contributed by atoms with Gasteiger partial charge in [0, 0.05) is 37.0 Å². The highest BCUT2D eigenvalue weighted by Crippen LogP contribution is 2.22. The average molecular weight is 873 g/mol. The topological polar surface area (TPSA) is 76.1 Å². The maximum absolute atomic E-state index is 12.7. The van der Waals surface area contributed by atoms with E-state index in [9.17, 15) is 14.7 Å². The summed E-state index contributed by atoms with van der Waals surface area (Å²) in [5.41, 5.74) is 0. The van der Waals surface area contributed by atoms with Crippen molar-refractivity contribution >= 4 is 35.5 Å². The lowest BCUT2D eigenvalue weighted by Crippen LogP contribution is -2.36. The normalized spacial score (nSPS) is 13.2. The molecule has 59 heavy (non-hydrogen) atoms. The molecule has 0 heterocycles. The van der Waals surface area contributed by atoms with Crippen LogP contribution in [0, 0.1) is 0 Å². The largest absolute Gasteiger partial charge is 0.461 e. The van der Waals surface area contributed by atoms with E-state index in [1.807, 2.05) is 23.5 Å². The minimum atomic E-state index is 0.0179. The third kappa shape index (κ3) is 40.1. The molecule has 0 aromatic heterocycles. The van der Waals surface area contributed by atoms with Gasteiger partial charge < -0.3 is 19.5 Å². The number of aliphatic hydroxyl groups excluding tert-OH is 1. The maximum Gasteiger partial charge on any atom is 0.306 e. The molecule has 6 nitrogen and oxygen atoms in total. The molecule has 0 rings (SSSR count). The first-order valence-electron chi connectivity index (χ1n) is 25.8. The highest BCUT2D eigenvalue weighted by Gasteiger charge is 2.18. The lowest BCUT2D eigenvalue weighted by atomic mass is 10.00. The number of aliphatic hydroxyl groups is 1. The predicted octanol–water partition coefficient (Wildman–Crippen LogP) is 15.3. The zero-order valence-corrected chi connectivity index (χ0v) is 41.7. The number of hydrogen-bond acceptors (Lipinski definition) is 8. The van der Waals surface area contributed by atoms with Crippen molar-refractivity contribution in [1.29, 1.82) is 0 Å². The van der Waals surface area contributed by atoms with E-state index in [-0.39, 0.29) is 30.8 Å². The molecule has 0 saturated carbocycles. The first-order valence-corrected chi connectivity index (χ1v) is 28.2. The van der Waals surface area contributed by atoms with Gasteiger partial charge in [-0.25, -0.2) is 0 Å². The molecule has 0 aliphatic rings. The summed E-state index contributed by atoms with van der Waals surface area (Å²) < 4.78 is 12.1. The summed E-state index contributed by atoms with van der Waals surface area (Å²) >= 11 is 3.98. The number of rotatable bonds is 48. The number of unbranched alkanes of at least 4 members (excludes halogenated alkanes) is 21. The van der Waals surface area contributed by atoms with Crippen LogP contribution in [0.3, 0.4) is 0 Å². The van der Waals surface area contributed by atoms with Crippen molar-refractivity contribution in [2.45, 2.75) is 271 Å². The van der Waals surface area contributed by atoms with Crippen LogP contribution in [-0.2, 0) is 19.1 Å². The van der Waals surface area contributed by atoms with Gasteiger partial charge in [-0.1, -0.05) is 163 Å². The van der Waals surface area contributed by atoms with Gasteiger partial charge >= 0.3 is 11.9 Å². The zero-order chi connectivity index (χ0) is 43.3. The lowest BCUT2D eigenvalue weighted by Gasteiger charge is -2.31. The third-order valence-corrected chi connectivity index (χ3v) is 14.2. The third-order valence-electron chi connectivity index (χ3n) is 11.9. The molecular weight excluding hydrogens is 771 g/mol. The second kappa shape index (κ2) is 47.0. The number of ether oxygens (including phenoxy) is 2. The van der Waals surface area contributed by atoms with Crippen LogP contribution in [0.1, 0.15) is 253 Å². The number of nitrogens with zero attached hydrogens (tertiary/aromatic N) is 1. The molecule has 0 fully saturated rings. The van der Waals surface area contributed by atoms with Gasteiger partial charge in [0.25, 0.3) is 0 Å². The SMILES string of the molecule is CCCCCCCCC(=O)OC(CCCCCC)CSCCCCCC(CCCCCSCC(CCCCCC)OC(=O)CCCCCCCC)N(CC)CCCCO. The van der Waals surface area contributed by atoms with Gasteiger partial charge in [-0.05, 0) is 102 Å². The number of carbonyl (C=O) groups excluding carboxylic acids is 2. The van der Waals surface area contributed by atoms with E-state index in [0.29, 0.717) is 18.9 Å². The second-order valence-electron chi connectivity index (χ2n) is 17.5. The summed E-state index contributed by atoms with van der Waals surface area (Å²) in [6.07, 6.45) is 39.4. The van der Waals surface area contributed by atoms with E-state index in [1.54, 1.807) is 0 Å². The Bertz CT molecular complexity index is 819. The first kappa shape index (κ1) is 58.6. The van der Waals surface area contributed by atoms with E-state index >= 15 is 0 Å². The van der Waals surface area contributed by atoms with Gasteiger partial charge in [-0.3, -0.25) is 9.59 Å². The van der Waals surface area contributed by atoms with Crippen molar-refractivity contribution in [2.75, 3.05) is 42.7 Å². The molecule has 0 aromatic rings. The first-order chi connectivity index (χ1) is 28.9. The number of carbonyl (C=O) groups is 2. The Morgan fingerprint density at radius 1 is 0.458 bits per heavy atom. The molecular formula is C51H101NO5S2. The number of esters is 2. The van der Waals surface area contributed by atoms with Gasteiger partial charge in [0.2, 0.25) is 0 Å². The molecule has 352 valence electrons.